The van der Waals surface area contributed by atoms with Crippen molar-refractivity contribution >= 4 is 28.8 Å². The summed E-state index contributed by atoms with van der Waals surface area (Å²) < 4.78 is 5.78. The first-order valence-electron chi connectivity index (χ1n) is 10.5. The summed E-state index contributed by atoms with van der Waals surface area (Å²) in [5, 5.41) is 13.1. The van der Waals surface area contributed by atoms with Gasteiger partial charge in [0.1, 0.15) is 11.5 Å². The molecule has 1 unspecified atom stereocenters. The Morgan fingerprint density at radius 3 is 2.53 bits per heavy atom. The molecular formula is C26H25NO4S. The largest absolute Gasteiger partial charge is 0.507 e. The smallest absolute Gasteiger partial charge is 0.295 e. The van der Waals surface area contributed by atoms with Crippen LogP contribution in [0.1, 0.15) is 35.9 Å². The summed E-state index contributed by atoms with van der Waals surface area (Å²) in [4.78, 5) is 28.6. The van der Waals surface area contributed by atoms with Gasteiger partial charge in [-0.25, -0.2) is 0 Å². The third kappa shape index (κ3) is 4.46. The topological polar surface area (TPSA) is 66.8 Å². The van der Waals surface area contributed by atoms with Crippen molar-refractivity contribution in [3.63, 3.8) is 0 Å². The van der Waals surface area contributed by atoms with E-state index < -0.39 is 17.7 Å². The molecule has 1 atom stereocenters. The molecular weight excluding hydrogens is 422 g/mol. The van der Waals surface area contributed by atoms with Crippen molar-refractivity contribution in [3.8, 4) is 5.75 Å². The number of carbonyl (C=O) groups excluding carboxylic acids is 2. The Labute approximate surface area is 191 Å². The molecule has 3 aromatic rings. The van der Waals surface area contributed by atoms with Crippen molar-refractivity contribution in [2.45, 2.75) is 26.4 Å². The van der Waals surface area contributed by atoms with Crippen molar-refractivity contribution in [1.82, 2.24) is 4.90 Å². The van der Waals surface area contributed by atoms with Gasteiger partial charge in [0.05, 0.1) is 24.8 Å². The number of likely N-dealkylation sites (tertiary alicyclic amines) is 1. The highest BCUT2D eigenvalue weighted by Crippen LogP contribution is 2.40. The molecule has 0 bridgehead atoms. The third-order valence-corrected chi connectivity index (χ3v) is 6.11. The van der Waals surface area contributed by atoms with E-state index in [9.17, 15) is 14.7 Å². The molecule has 1 saturated heterocycles. The number of hydrogen-bond acceptors (Lipinski definition) is 5. The van der Waals surface area contributed by atoms with Gasteiger partial charge in [-0.2, -0.15) is 0 Å². The lowest BCUT2D eigenvalue weighted by molar-refractivity contribution is -0.140. The molecule has 6 heteroatoms. The minimum absolute atomic E-state index is 0.0961. The van der Waals surface area contributed by atoms with E-state index in [2.05, 4.69) is 13.8 Å². The molecule has 1 aliphatic heterocycles. The summed E-state index contributed by atoms with van der Waals surface area (Å²) in [5.41, 5.74) is 1.32. The molecule has 1 amide bonds. The molecule has 32 heavy (non-hydrogen) atoms. The molecule has 0 saturated carbocycles. The predicted molar refractivity (Wildman–Crippen MR) is 125 cm³/mol. The number of thiophene rings is 1. The monoisotopic (exact) mass is 447 g/mol. The average Bonchev–Trinajstić information content (AvgIpc) is 3.40. The van der Waals surface area contributed by atoms with Crippen LogP contribution in [0, 0.1) is 5.92 Å². The van der Waals surface area contributed by atoms with Crippen LogP contribution in [-0.4, -0.2) is 28.3 Å². The number of carbonyl (C=O) groups is 2. The molecule has 0 aliphatic carbocycles. The Morgan fingerprint density at radius 2 is 1.84 bits per heavy atom. The standard InChI is InChI=1S/C26H25NO4S/c1-17(2)16-31-20-11-6-10-19(14-20)24(28)22-23(18-8-4-3-5-9-18)27(26(30)25(22)29)15-21-12-7-13-32-21/h3-14,17,23,28H,15-16H2,1-2H3/b24-22-. The number of hydrogen-bond donors (Lipinski definition) is 1. The molecule has 1 aromatic heterocycles. The number of aliphatic hydroxyl groups excluding tert-OH is 1. The average molecular weight is 448 g/mol. The van der Waals surface area contributed by atoms with Gasteiger partial charge < -0.3 is 14.7 Å². The van der Waals surface area contributed by atoms with Gasteiger partial charge in [-0.1, -0.05) is 62.4 Å². The maximum Gasteiger partial charge on any atom is 0.295 e. The molecule has 1 N–H and O–H groups in total. The lowest BCUT2D eigenvalue weighted by Crippen LogP contribution is -2.28. The van der Waals surface area contributed by atoms with Gasteiger partial charge in [0, 0.05) is 10.4 Å². The summed E-state index contributed by atoms with van der Waals surface area (Å²) in [6.07, 6.45) is 0. The Morgan fingerprint density at radius 1 is 1.06 bits per heavy atom. The van der Waals surface area contributed by atoms with Gasteiger partial charge in [0.15, 0.2) is 0 Å². The van der Waals surface area contributed by atoms with Crippen LogP contribution >= 0.6 is 11.3 Å². The quantitative estimate of drug-likeness (QED) is 0.299. The minimum Gasteiger partial charge on any atom is -0.507 e. The lowest BCUT2D eigenvalue weighted by atomic mass is 9.95. The number of ether oxygens (including phenoxy) is 1. The Kier molecular flexibility index (Phi) is 6.42. The molecule has 1 aliphatic rings. The van der Waals surface area contributed by atoms with Crippen molar-refractivity contribution in [1.29, 1.82) is 0 Å². The Balaban J connectivity index is 1.78. The number of benzene rings is 2. The Hall–Kier alpha value is -3.38. The number of amides is 1. The highest BCUT2D eigenvalue weighted by Gasteiger charge is 2.46. The van der Waals surface area contributed by atoms with E-state index in [4.69, 9.17) is 4.74 Å². The SMILES string of the molecule is CC(C)COc1cccc(/C(O)=C2/C(=O)C(=O)N(Cc3cccs3)C2c2ccccc2)c1. The zero-order valence-electron chi connectivity index (χ0n) is 18.0. The van der Waals surface area contributed by atoms with E-state index in [1.54, 1.807) is 18.2 Å². The van der Waals surface area contributed by atoms with Crippen molar-refractivity contribution in [2.75, 3.05) is 6.61 Å². The maximum atomic E-state index is 13.1. The van der Waals surface area contributed by atoms with Gasteiger partial charge in [0.2, 0.25) is 0 Å². The highest BCUT2D eigenvalue weighted by atomic mass is 32.1. The summed E-state index contributed by atoms with van der Waals surface area (Å²) in [6, 6.07) is 19.5. The fourth-order valence-corrected chi connectivity index (χ4v) is 4.45. The van der Waals surface area contributed by atoms with E-state index in [1.807, 2.05) is 53.9 Å². The molecule has 4 rings (SSSR count). The van der Waals surface area contributed by atoms with E-state index in [0.29, 0.717) is 30.4 Å². The van der Waals surface area contributed by atoms with Crippen LogP contribution in [0.2, 0.25) is 0 Å². The molecule has 2 aromatic carbocycles. The van der Waals surface area contributed by atoms with Crippen LogP contribution < -0.4 is 4.74 Å². The summed E-state index contributed by atoms with van der Waals surface area (Å²) >= 11 is 1.53. The minimum atomic E-state index is -0.679. The first-order valence-corrected chi connectivity index (χ1v) is 11.4. The molecule has 5 nitrogen and oxygen atoms in total. The number of Topliss-reactive ketones (excluding diaryl/α,β-unsaturated/α-hetero) is 1. The fraction of sp³-hybridized carbons (Fsp3) is 0.231. The van der Waals surface area contributed by atoms with E-state index >= 15 is 0 Å². The second kappa shape index (κ2) is 9.40. The van der Waals surface area contributed by atoms with Crippen molar-refractivity contribution in [3.05, 3.63) is 93.7 Å². The van der Waals surface area contributed by atoms with E-state index in [0.717, 1.165) is 10.4 Å². The summed E-state index contributed by atoms with van der Waals surface area (Å²) in [5.74, 6) is -0.525. The zero-order chi connectivity index (χ0) is 22.7. The zero-order valence-corrected chi connectivity index (χ0v) is 18.8. The number of rotatable bonds is 7. The fourth-order valence-electron chi connectivity index (χ4n) is 3.75. The highest BCUT2D eigenvalue weighted by molar-refractivity contribution is 7.09. The van der Waals surface area contributed by atoms with Gasteiger partial charge >= 0.3 is 0 Å². The van der Waals surface area contributed by atoms with Crippen molar-refractivity contribution < 1.29 is 19.4 Å². The van der Waals surface area contributed by atoms with Gasteiger partial charge in [-0.05, 0) is 35.1 Å². The van der Waals surface area contributed by atoms with Gasteiger partial charge in [-0.15, -0.1) is 11.3 Å². The first kappa shape index (κ1) is 21.8. The third-order valence-electron chi connectivity index (χ3n) is 5.25. The molecule has 164 valence electrons. The number of nitrogens with zero attached hydrogens (tertiary/aromatic N) is 1. The number of ketones is 1. The van der Waals surface area contributed by atoms with Crippen LogP contribution in [0.15, 0.2) is 77.7 Å². The first-order chi connectivity index (χ1) is 15.5. The van der Waals surface area contributed by atoms with E-state index in [-0.39, 0.29) is 11.3 Å². The summed E-state index contributed by atoms with van der Waals surface area (Å²) in [6.45, 7) is 4.95. The molecule has 0 radical (unpaired) electrons. The van der Waals surface area contributed by atoms with Crippen LogP contribution in [-0.2, 0) is 16.1 Å². The molecule has 1 fully saturated rings. The van der Waals surface area contributed by atoms with Crippen LogP contribution in [0.4, 0.5) is 0 Å². The van der Waals surface area contributed by atoms with Gasteiger partial charge in [0.25, 0.3) is 11.7 Å². The lowest BCUT2D eigenvalue weighted by Gasteiger charge is -2.25. The van der Waals surface area contributed by atoms with Crippen molar-refractivity contribution in [2.24, 2.45) is 5.92 Å². The summed E-state index contributed by atoms with van der Waals surface area (Å²) in [7, 11) is 0. The normalized spacial score (nSPS) is 17.8. The molecule has 2 heterocycles. The molecule has 0 spiro atoms. The van der Waals surface area contributed by atoms with E-state index in [1.165, 1.54) is 16.2 Å². The van der Waals surface area contributed by atoms with Crippen LogP contribution in [0.5, 0.6) is 5.75 Å². The Bertz CT molecular complexity index is 1140. The van der Waals surface area contributed by atoms with Gasteiger partial charge in [-0.3, -0.25) is 9.59 Å². The predicted octanol–water partition coefficient (Wildman–Crippen LogP) is 5.40. The second-order valence-electron chi connectivity index (χ2n) is 8.15. The number of aliphatic hydroxyl groups is 1. The van der Waals surface area contributed by atoms with Crippen LogP contribution in [0.25, 0.3) is 5.76 Å². The maximum absolute atomic E-state index is 13.1. The van der Waals surface area contributed by atoms with Crippen LogP contribution in [0.3, 0.4) is 0 Å². The second-order valence-corrected chi connectivity index (χ2v) is 9.18.